The molecule has 0 saturated heterocycles. The molecule has 1 N–H and O–H groups in total. The van der Waals surface area contributed by atoms with E-state index in [1.165, 1.54) is 0 Å². The molecule has 0 spiro atoms. The molecule has 0 aliphatic heterocycles. The maximum absolute atomic E-state index is 14.7. The van der Waals surface area contributed by atoms with Crippen molar-refractivity contribution in [2.24, 2.45) is 0 Å². The zero-order chi connectivity index (χ0) is 26.4. The lowest BCUT2D eigenvalue weighted by molar-refractivity contribution is -0.243. The minimum atomic E-state index is -7.47. The molecule has 2 aliphatic carbocycles. The molecule has 18 heteroatoms. The molecule has 0 aromatic carbocycles. The van der Waals surface area contributed by atoms with Crippen molar-refractivity contribution in [1.29, 1.82) is 0 Å². The zero-order valence-electron chi connectivity index (χ0n) is 17.5. The number of sulfone groups is 3. The molecule has 34 heavy (non-hydrogen) atoms. The molecule has 2 saturated carbocycles. The van der Waals surface area contributed by atoms with E-state index in [1.54, 1.807) is 0 Å². The molecule has 0 aromatic rings. The van der Waals surface area contributed by atoms with E-state index in [0.717, 1.165) is 0 Å². The van der Waals surface area contributed by atoms with Crippen LogP contribution in [0.3, 0.4) is 0 Å². The summed E-state index contributed by atoms with van der Waals surface area (Å²) in [7, 11) is -18.8. The van der Waals surface area contributed by atoms with Gasteiger partial charge in [0, 0.05) is 0 Å². The van der Waals surface area contributed by atoms with E-state index in [4.69, 9.17) is 4.55 Å². The van der Waals surface area contributed by atoms with Gasteiger partial charge in [0.25, 0.3) is 13.8 Å². The van der Waals surface area contributed by atoms with Crippen molar-refractivity contribution >= 4 is 40.6 Å². The lowest BCUT2D eigenvalue weighted by atomic mass is 10.0. The molecule has 2 aliphatic rings. The van der Waals surface area contributed by atoms with Crippen LogP contribution in [0.1, 0.15) is 64.2 Å². The first-order valence-corrected chi connectivity index (χ1v) is 16.1. The van der Waals surface area contributed by atoms with Gasteiger partial charge in [-0.2, -0.15) is 26.3 Å². The van der Waals surface area contributed by atoms with Crippen molar-refractivity contribution in [2.75, 3.05) is 0 Å². The van der Waals surface area contributed by atoms with Gasteiger partial charge in [0.05, 0.1) is 10.5 Å². The summed E-state index contributed by atoms with van der Waals surface area (Å²) in [5.74, 6) is -7.12. The third-order valence-electron chi connectivity index (χ3n) is 6.13. The van der Waals surface area contributed by atoms with E-state index >= 15 is 0 Å². The Morgan fingerprint density at radius 2 is 1.00 bits per heavy atom. The quantitative estimate of drug-likeness (QED) is 0.321. The Bertz CT molecular complexity index is 1040. The third-order valence-corrected chi connectivity index (χ3v) is 16.9. The summed E-state index contributed by atoms with van der Waals surface area (Å²) in [6, 6.07) is 0. The molecule has 2 fully saturated rings. The SMILES string of the molecule is O=S(O)C(F)(F)C(F)(F)C(F)(F)S(=O)(=O)C(S(=O)(=O)C1CCCCC1)S(=O)(=O)C1CCCCC1. The van der Waals surface area contributed by atoms with Gasteiger partial charge in [0.2, 0.25) is 11.1 Å². The van der Waals surface area contributed by atoms with Gasteiger partial charge in [-0.15, -0.1) is 0 Å². The maximum atomic E-state index is 14.7. The molecule has 0 bridgehead atoms. The van der Waals surface area contributed by atoms with Crippen LogP contribution in [-0.4, -0.2) is 64.9 Å². The molecule has 0 aromatic heterocycles. The fourth-order valence-electron chi connectivity index (χ4n) is 4.22. The van der Waals surface area contributed by atoms with Crippen molar-refractivity contribution < 1.29 is 60.4 Å². The highest BCUT2D eigenvalue weighted by atomic mass is 32.3. The van der Waals surface area contributed by atoms with Crippen LogP contribution in [-0.2, 0) is 40.6 Å². The second kappa shape index (κ2) is 9.78. The molecule has 8 nitrogen and oxygen atoms in total. The van der Waals surface area contributed by atoms with Gasteiger partial charge < -0.3 is 4.55 Å². The molecule has 0 heterocycles. The topological polar surface area (TPSA) is 140 Å². The van der Waals surface area contributed by atoms with Crippen LogP contribution < -0.4 is 0 Å². The molecular formula is C16H24F6O8S4. The van der Waals surface area contributed by atoms with E-state index < -0.39 is 71.4 Å². The zero-order valence-corrected chi connectivity index (χ0v) is 20.8. The van der Waals surface area contributed by atoms with Crippen LogP contribution in [0, 0.1) is 0 Å². The lowest BCUT2D eigenvalue weighted by Crippen LogP contribution is -2.63. The Labute approximate surface area is 195 Å². The number of rotatable bonds is 9. The van der Waals surface area contributed by atoms with Crippen LogP contribution in [0.5, 0.6) is 0 Å². The summed E-state index contributed by atoms with van der Waals surface area (Å²) in [5, 5.41) is -17.2. The van der Waals surface area contributed by atoms with E-state index in [9.17, 15) is 55.8 Å². The molecular weight excluding hydrogens is 562 g/mol. The van der Waals surface area contributed by atoms with Gasteiger partial charge in [-0.25, -0.2) is 29.5 Å². The summed E-state index contributed by atoms with van der Waals surface area (Å²) in [6.07, 6.45) is 0.148. The van der Waals surface area contributed by atoms with E-state index in [1.807, 2.05) is 0 Å². The predicted octanol–water partition coefficient (Wildman–Crippen LogP) is 3.22. The second-order valence-corrected chi connectivity index (χ2v) is 17.0. The van der Waals surface area contributed by atoms with Gasteiger partial charge in [0.15, 0.2) is 19.7 Å². The summed E-state index contributed by atoms with van der Waals surface area (Å²) < 4.78 is 178. The molecule has 1 unspecified atom stereocenters. The Morgan fingerprint density at radius 1 is 0.676 bits per heavy atom. The number of hydrogen-bond donors (Lipinski definition) is 1. The molecule has 2 rings (SSSR count). The van der Waals surface area contributed by atoms with Crippen molar-refractivity contribution in [1.82, 2.24) is 0 Å². The smallest absolute Gasteiger partial charge is 0.301 e. The summed E-state index contributed by atoms with van der Waals surface area (Å²) in [6.45, 7) is 0. The van der Waals surface area contributed by atoms with Crippen LogP contribution in [0.15, 0.2) is 0 Å². The maximum Gasteiger partial charge on any atom is 0.416 e. The van der Waals surface area contributed by atoms with Crippen LogP contribution in [0.25, 0.3) is 0 Å². The Balaban J connectivity index is 2.78. The summed E-state index contributed by atoms with van der Waals surface area (Å²) in [5.41, 5.74) is 0. The average Bonchev–Trinajstić information content (AvgIpc) is 2.73. The molecule has 0 amide bonds. The van der Waals surface area contributed by atoms with E-state index in [2.05, 4.69) is 0 Å². The first-order chi connectivity index (χ1) is 15.3. The molecule has 202 valence electrons. The Hall–Kier alpha value is -0.460. The largest absolute Gasteiger partial charge is 0.416 e. The van der Waals surface area contributed by atoms with E-state index in [0.29, 0.717) is 12.8 Å². The van der Waals surface area contributed by atoms with Gasteiger partial charge in [-0.3, -0.25) is 0 Å². The first-order valence-electron chi connectivity index (χ1n) is 10.2. The van der Waals surface area contributed by atoms with Gasteiger partial charge >= 0.3 is 16.4 Å². The van der Waals surface area contributed by atoms with Crippen molar-refractivity contribution in [3.63, 3.8) is 0 Å². The number of halogens is 6. The predicted molar refractivity (Wildman–Crippen MR) is 110 cm³/mol. The molecule has 1 atom stereocenters. The highest BCUT2D eigenvalue weighted by Gasteiger charge is 2.82. The summed E-state index contributed by atoms with van der Waals surface area (Å²) in [4.78, 5) is 0. The second-order valence-electron chi connectivity index (χ2n) is 8.39. The van der Waals surface area contributed by atoms with Crippen LogP contribution >= 0.6 is 0 Å². The van der Waals surface area contributed by atoms with E-state index in [-0.39, 0.29) is 51.4 Å². The van der Waals surface area contributed by atoms with Gasteiger partial charge in [-0.1, -0.05) is 38.5 Å². The fraction of sp³-hybridized carbons (Fsp3) is 1.00. The fourth-order valence-corrected chi connectivity index (χ4v) is 14.9. The van der Waals surface area contributed by atoms with Gasteiger partial charge in [-0.05, 0) is 25.7 Å². The minimum Gasteiger partial charge on any atom is -0.301 e. The standard InChI is InChI=1S/C16H24F6O8S4/c17-14(18,15(19,20)31(23)24)16(21,22)34(29,30)13(32(25,26)11-7-3-1-4-8-11)33(27,28)12-9-5-2-6-10-12/h11-13H,1-10H2,(H,23,24). The average molecular weight is 587 g/mol. The summed E-state index contributed by atoms with van der Waals surface area (Å²) >= 11 is -5.02. The number of alkyl halides is 6. The molecule has 0 radical (unpaired) electrons. The van der Waals surface area contributed by atoms with Gasteiger partial charge in [0.1, 0.15) is 0 Å². The Kier molecular flexibility index (Phi) is 8.56. The third kappa shape index (κ3) is 4.77. The Morgan fingerprint density at radius 3 is 1.29 bits per heavy atom. The first kappa shape index (κ1) is 29.8. The monoisotopic (exact) mass is 586 g/mol. The minimum absolute atomic E-state index is 0.147. The van der Waals surface area contributed by atoms with Crippen LogP contribution in [0.4, 0.5) is 26.3 Å². The lowest BCUT2D eigenvalue weighted by Gasteiger charge is -2.35. The highest BCUT2D eigenvalue weighted by molar-refractivity contribution is 8.24. The normalized spacial score (nSPS) is 22.1. The van der Waals surface area contributed by atoms with Crippen molar-refractivity contribution in [3.05, 3.63) is 0 Å². The van der Waals surface area contributed by atoms with Crippen molar-refractivity contribution in [3.8, 4) is 0 Å². The number of hydrogen-bond acceptors (Lipinski definition) is 7. The highest BCUT2D eigenvalue weighted by Crippen LogP contribution is 2.52. The van der Waals surface area contributed by atoms with Crippen molar-refractivity contribution in [2.45, 2.75) is 95.1 Å². The van der Waals surface area contributed by atoms with Crippen LogP contribution in [0.2, 0.25) is 0 Å².